The highest BCUT2D eigenvalue weighted by Crippen LogP contribution is 2.38. The van der Waals surface area contributed by atoms with Crippen LogP contribution in [0.3, 0.4) is 0 Å². The summed E-state index contributed by atoms with van der Waals surface area (Å²) in [6.07, 6.45) is 3.77. The lowest BCUT2D eigenvalue weighted by Crippen LogP contribution is -3.12. The number of nitrogens with zero attached hydrogens (tertiary/aromatic N) is 2. The Balaban J connectivity index is 1.36. The Morgan fingerprint density at radius 1 is 1.07 bits per heavy atom. The van der Waals surface area contributed by atoms with Gasteiger partial charge >= 0.3 is 0 Å². The Morgan fingerprint density at radius 2 is 1.69 bits per heavy atom. The van der Waals surface area contributed by atoms with Crippen molar-refractivity contribution < 1.29 is 19.3 Å². The number of carbonyl (C=O) groups excluding carboxylic acids is 3. The van der Waals surface area contributed by atoms with Gasteiger partial charge in [0.15, 0.2) is 0 Å². The molecule has 2 aliphatic heterocycles. The number of fused-ring (bicyclic) bond motifs is 1. The molecule has 2 saturated heterocycles. The number of nitrogens with one attached hydrogen (secondary N) is 2. The number of benzene rings is 1. The summed E-state index contributed by atoms with van der Waals surface area (Å²) in [5.74, 6) is -0.618. The number of para-hydroxylation sites is 2. The minimum atomic E-state index is -0.160. The zero-order chi connectivity index (χ0) is 20.4. The molecule has 1 aromatic rings. The molecule has 0 radical (unpaired) electrons. The average molecular weight is 400 g/mol. The number of rotatable bonds is 5. The van der Waals surface area contributed by atoms with Gasteiger partial charge in [0.1, 0.15) is 0 Å². The van der Waals surface area contributed by atoms with Crippen molar-refractivity contribution in [1.82, 2.24) is 4.90 Å². The molecule has 0 bridgehead atoms. The fourth-order valence-electron chi connectivity index (χ4n) is 4.86. The molecular weight excluding hydrogens is 368 g/mol. The Hall–Kier alpha value is -2.41. The molecule has 0 unspecified atom stereocenters. The molecule has 29 heavy (non-hydrogen) atoms. The van der Waals surface area contributed by atoms with E-state index >= 15 is 0 Å². The van der Waals surface area contributed by atoms with Crippen LogP contribution in [0, 0.1) is 11.8 Å². The fraction of sp³-hybridized carbons (Fsp3) is 0.591. The maximum atomic E-state index is 12.6. The molecule has 1 aromatic carbocycles. The van der Waals surface area contributed by atoms with Gasteiger partial charge in [0.05, 0.1) is 56.4 Å². The van der Waals surface area contributed by atoms with Crippen molar-refractivity contribution in [1.29, 1.82) is 0 Å². The van der Waals surface area contributed by atoms with Gasteiger partial charge in [-0.25, -0.2) is 0 Å². The summed E-state index contributed by atoms with van der Waals surface area (Å²) in [6, 6.07) is 7.85. The van der Waals surface area contributed by atoms with Crippen molar-refractivity contribution in [2.24, 2.45) is 11.8 Å². The van der Waals surface area contributed by atoms with Crippen LogP contribution in [0.5, 0.6) is 0 Å². The number of anilines is 2. The molecule has 4 rings (SSSR count). The van der Waals surface area contributed by atoms with E-state index in [-0.39, 0.29) is 42.5 Å². The first-order chi connectivity index (χ1) is 14.0. The first-order valence-corrected chi connectivity index (χ1v) is 10.8. The maximum absolute atomic E-state index is 12.6. The van der Waals surface area contributed by atoms with Crippen molar-refractivity contribution in [3.8, 4) is 0 Å². The van der Waals surface area contributed by atoms with Crippen LogP contribution in [0.15, 0.2) is 24.3 Å². The maximum Gasteiger partial charge on any atom is 0.233 e. The van der Waals surface area contributed by atoms with Crippen LogP contribution in [-0.4, -0.2) is 62.4 Å². The van der Waals surface area contributed by atoms with Gasteiger partial charge in [0, 0.05) is 13.0 Å². The number of hydrogen-bond donors (Lipinski definition) is 2. The van der Waals surface area contributed by atoms with E-state index in [9.17, 15) is 14.4 Å². The van der Waals surface area contributed by atoms with Crippen LogP contribution in [0.25, 0.3) is 0 Å². The van der Waals surface area contributed by atoms with Gasteiger partial charge in [-0.1, -0.05) is 25.0 Å². The molecule has 3 amide bonds. The van der Waals surface area contributed by atoms with Gasteiger partial charge in [-0.05, 0) is 25.0 Å². The SMILES string of the molecule is C[NH+]1CCN(c2ccccc2NC(=O)CCN2C(=O)[C@@H]3CCCC[C@H]3C2=O)CC1. The van der Waals surface area contributed by atoms with Crippen LogP contribution in [0.4, 0.5) is 11.4 Å². The summed E-state index contributed by atoms with van der Waals surface area (Å²) >= 11 is 0. The zero-order valence-corrected chi connectivity index (χ0v) is 17.2. The zero-order valence-electron chi connectivity index (χ0n) is 17.2. The smallest absolute Gasteiger partial charge is 0.233 e. The molecule has 2 N–H and O–H groups in total. The Labute approximate surface area is 172 Å². The third kappa shape index (κ3) is 4.15. The first kappa shape index (κ1) is 19.9. The molecule has 156 valence electrons. The largest absolute Gasteiger partial charge is 0.359 e. The van der Waals surface area contributed by atoms with E-state index in [0.717, 1.165) is 63.2 Å². The van der Waals surface area contributed by atoms with E-state index in [4.69, 9.17) is 0 Å². The highest BCUT2D eigenvalue weighted by Gasteiger charge is 2.47. The summed E-state index contributed by atoms with van der Waals surface area (Å²) in [6.45, 7) is 4.24. The van der Waals surface area contributed by atoms with Crippen LogP contribution < -0.4 is 15.1 Å². The number of carbonyl (C=O) groups is 3. The van der Waals surface area contributed by atoms with E-state index in [1.165, 1.54) is 9.80 Å². The third-order valence-corrected chi connectivity index (χ3v) is 6.63. The molecule has 3 aliphatic rings. The van der Waals surface area contributed by atoms with Crippen molar-refractivity contribution in [2.45, 2.75) is 32.1 Å². The second-order valence-corrected chi connectivity index (χ2v) is 8.59. The molecule has 1 aliphatic carbocycles. The predicted octanol–water partition coefficient (Wildman–Crippen LogP) is 0.525. The van der Waals surface area contributed by atoms with Gasteiger partial charge < -0.3 is 15.1 Å². The van der Waals surface area contributed by atoms with Gasteiger partial charge in [-0.15, -0.1) is 0 Å². The molecule has 3 fully saturated rings. The number of hydrogen-bond acceptors (Lipinski definition) is 4. The van der Waals surface area contributed by atoms with E-state index in [1.807, 2.05) is 24.3 Å². The lowest BCUT2D eigenvalue weighted by Gasteiger charge is -2.33. The Morgan fingerprint density at radius 3 is 2.34 bits per heavy atom. The summed E-state index contributed by atoms with van der Waals surface area (Å²) < 4.78 is 0. The Bertz CT molecular complexity index is 764. The first-order valence-electron chi connectivity index (χ1n) is 10.8. The third-order valence-electron chi connectivity index (χ3n) is 6.63. The predicted molar refractivity (Wildman–Crippen MR) is 111 cm³/mol. The van der Waals surface area contributed by atoms with E-state index in [1.54, 1.807) is 0 Å². The van der Waals surface area contributed by atoms with Crippen molar-refractivity contribution >= 4 is 29.1 Å². The topological polar surface area (TPSA) is 74.2 Å². The molecule has 7 heteroatoms. The van der Waals surface area contributed by atoms with Crippen molar-refractivity contribution in [2.75, 3.05) is 50.0 Å². The molecule has 1 saturated carbocycles. The van der Waals surface area contributed by atoms with Crippen LogP contribution in [0.1, 0.15) is 32.1 Å². The summed E-state index contributed by atoms with van der Waals surface area (Å²) in [4.78, 5) is 42.9. The number of quaternary nitrogens is 1. The van der Waals surface area contributed by atoms with E-state index < -0.39 is 0 Å². The Kier molecular flexibility index (Phi) is 5.85. The van der Waals surface area contributed by atoms with Crippen LogP contribution in [0.2, 0.25) is 0 Å². The molecule has 2 heterocycles. The molecule has 0 spiro atoms. The van der Waals surface area contributed by atoms with Crippen LogP contribution >= 0.6 is 0 Å². The quantitative estimate of drug-likeness (QED) is 0.709. The fourth-order valence-corrected chi connectivity index (χ4v) is 4.86. The monoisotopic (exact) mass is 399 g/mol. The van der Waals surface area contributed by atoms with E-state index in [2.05, 4.69) is 17.3 Å². The average Bonchev–Trinajstić information content (AvgIpc) is 2.98. The second kappa shape index (κ2) is 8.53. The number of imide groups is 1. The van der Waals surface area contributed by atoms with Gasteiger partial charge in [0.2, 0.25) is 17.7 Å². The highest BCUT2D eigenvalue weighted by molar-refractivity contribution is 6.05. The standard InChI is InChI=1S/C22H30N4O3/c1-24-12-14-25(15-13-24)19-9-5-4-8-18(19)23-20(27)10-11-26-21(28)16-6-2-3-7-17(16)22(26)29/h4-5,8-9,16-17H,2-3,6-7,10-15H2,1H3,(H,23,27)/p+1/t16-,17-/m1/s1. The summed E-state index contributed by atoms with van der Waals surface area (Å²) in [5.41, 5.74) is 1.83. The molecule has 2 atom stereocenters. The second-order valence-electron chi connectivity index (χ2n) is 8.59. The number of likely N-dealkylation sites (N-methyl/N-ethyl adjacent to an activating group) is 1. The normalized spacial score (nSPS) is 25.3. The number of likely N-dealkylation sites (tertiary alicyclic amines) is 1. The lowest BCUT2D eigenvalue weighted by atomic mass is 9.81. The number of amides is 3. The lowest BCUT2D eigenvalue weighted by molar-refractivity contribution is -0.880. The minimum absolute atomic E-state index is 0.0761. The highest BCUT2D eigenvalue weighted by atomic mass is 16.2. The van der Waals surface area contributed by atoms with Crippen molar-refractivity contribution in [3.05, 3.63) is 24.3 Å². The van der Waals surface area contributed by atoms with Crippen molar-refractivity contribution in [3.63, 3.8) is 0 Å². The summed E-state index contributed by atoms with van der Waals surface area (Å²) in [7, 11) is 2.20. The molecular formula is C22H31N4O3+. The van der Waals surface area contributed by atoms with E-state index in [0.29, 0.717) is 0 Å². The summed E-state index contributed by atoms with van der Waals surface area (Å²) in [5, 5.41) is 3.00. The number of piperazine rings is 1. The van der Waals surface area contributed by atoms with Crippen LogP contribution in [-0.2, 0) is 14.4 Å². The minimum Gasteiger partial charge on any atom is -0.359 e. The van der Waals surface area contributed by atoms with Gasteiger partial charge in [0.25, 0.3) is 0 Å². The molecule has 0 aromatic heterocycles. The van der Waals surface area contributed by atoms with Gasteiger partial charge in [-0.3, -0.25) is 19.3 Å². The molecule has 7 nitrogen and oxygen atoms in total. The van der Waals surface area contributed by atoms with Gasteiger partial charge in [-0.2, -0.15) is 0 Å².